The van der Waals surface area contributed by atoms with Gasteiger partial charge < -0.3 is 27.9 Å². The minimum Gasteiger partial charge on any atom is -0.756 e. The van der Waals surface area contributed by atoms with Crippen LogP contribution in [0.25, 0.3) is 0 Å². The summed E-state index contributed by atoms with van der Waals surface area (Å²) in [5, 5.41) is 0. The topological polar surface area (TPSA) is 94.1 Å². The molecule has 0 heterocycles. The monoisotopic (exact) mass is 898 g/mol. The minimum atomic E-state index is -4.56. The summed E-state index contributed by atoms with van der Waals surface area (Å²) in [6.07, 6.45) is 64.1. The lowest BCUT2D eigenvalue weighted by Crippen LogP contribution is -2.37. The zero-order valence-corrected chi connectivity index (χ0v) is 41.6. The van der Waals surface area contributed by atoms with Crippen LogP contribution in [0.3, 0.4) is 0 Å². The van der Waals surface area contributed by atoms with E-state index in [0.717, 1.165) is 77.0 Å². The van der Waals surface area contributed by atoms with Crippen molar-refractivity contribution < 1.29 is 37.3 Å². The third-order valence-corrected chi connectivity index (χ3v) is 10.8. The molecule has 0 radical (unpaired) electrons. The number of rotatable bonds is 44. The van der Waals surface area contributed by atoms with Crippen molar-refractivity contribution >= 4 is 13.8 Å². The van der Waals surface area contributed by atoms with E-state index in [2.05, 4.69) is 111 Å². The molecule has 0 rings (SSSR count). The number of ether oxygens (including phenoxy) is 2. The normalized spacial score (nSPS) is 14.6. The van der Waals surface area contributed by atoms with Gasteiger partial charge in [-0.2, -0.15) is 0 Å². The minimum absolute atomic E-state index is 0.00385. The second-order valence-electron chi connectivity index (χ2n) is 17.1. The fourth-order valence-electron chi connectivity index (χ4n) is 6.05. The Bertz CT molecular complexity index is 1370. The molecule has 0 aliphatic carbocycles. The molecule has 0 aromatic heterocycles. The first-order valence-corrected chi connectivity index (χ1v) is 26.1. The van der Waals surface area contributed by atoms with Gasteiger partial charge in [-0.25, -0.2) is 0 Å². The average molecular weight is 898 g/mol. The van der Waals surface area contributed by atoms with Crippen LogP contribution in [0.15, 0.2) is 109 Å². The van der Waals surface area contributed by atoms with E-state index in [1.807, 2.05) is 33.3 Å². The van der Waals surface area contributed by atoms with Gasteiger partial charge in [0.1, 0.15) is 19.3 Å². The standard InChI is InChI=1S/C54H92NO7P/c1-6-8-10-12-14-16-18-20-22-24-26-27-28-30-32-34-36-38-40-42-44-46-49-59-51-53(52-61-63(57,58)60-50-48-55(3,4)5)62-54(56)47-45-43-41-39-37-35-33-31-29-25-23-21-19-17-15-13-11-9-7-2/h9,11,15,17-18,20-21,23-24,26,28-31,35,37,41,43,53H,6-8,10,12-14,16,19,22,25,27,32-34,36,38-40,42,44-52H2,1-5H3/b11-9-,17-15-,20-18-,23-21-,26-24-,30-28-,31-29-,37-35-,43-41-. The SMILES string of the molecule is CC/C=C\C/C=C\C/C=C\C/C=C\C/C=C\C/C=C\CCC(=O)OC(COCCCCCCCCC/C=C\C/C=C\C/C=C\CCCCCCC)COP(=O)([O-])OCC[N+](C)(C)C. The molecule has 360 valence electrons. The Labute approximate surface area is 387 Å². The Balaban J connectivity index is 4.34. The lowest BCUT2D eigenvalue weighted by atomic mass is 10.1. The molecule has 0 saturated carbocycles. The Kier molecular flexibility index (Phi) is 43.7. The quantitative estimate of drug-likeness (QED) is 0.0198. The highest BCUT2D eigenvalue weighted by Gasteiger charge is 2.20. The summed E-state index contributed by atoms with van der Waals surface area (Å²) in [7, 11) is 1.28. The summed E-state index contributed by atoms with van der Waals surface area (Å²) in [5.41, 5.74) is 0. The highest BCUT2D eigenvalue weighted by molar-refractivity contribution is 7.45. The van der Waals surface area contributed by atoms with Gasteiger partial charge in [0.2, 0.25) is 0 Å². The maximum Gasteiger partial charge on any atom is 0.306 e. The maximum atomic E-state index is 12.7. The number of phosphoric acid groups is 1. The summed E-state index contributed by atoms with van der Waals surface area (Å²) in [4.78, 5) is 25.1. The number of likely N-dealkylation sites (N-methyl/N-ethyl adjacent to an activating group) is 1. The van der Waals surface area contributed by atoms with E-state index >= 15 is 0 Å². The maximum absolute atomic E-state index is 12.7. The van der Waals surface area contributed by atoms with E-state index in [0.29, 0.717) is 24.1 Å². The fraction of sp³-hybridized carbons (Fsp3) is 0.648. The Morgan fingerprint density at radius 1 is 0.508 bits per heavy atom. The number of hydrogen-bond donors (Lipinski definition) is 0. The van der Waals surface area contributed by atoms with Crippen LogP contribution >= 0.6 is 7.82 Å². The van der Waals surface area contributed by atoms with Crippen molar-refractivity contribution in [3.63, 3.8) is 0 Å². The average Bonchev–Trinajstić information content (AvgIpc) is 3.24. The number of quaternary nitrogens is 1. The molecule has 0 saturated heterocycles. The molecular formula is C54H92NO7P. The first kappa shape index (κ1) is 60.2. The van der Waals surface area contributed by atoms with Crippen molar-refractivity contribution in [3.05, 3.63) is 109 Å². The summed E-state index contributed by atoms with van der Waals surface area (Å²) >= 11 is 0. The van der Waals surface area contributed by atoms with Crippen LogP contribution in [-0.2, 0) is 27.9 Å². The molecule has 0 N–H and O–H groups in total. The molecule has 0 aromatic rings. The third-order valence-electron chi connectivity index (χ3n) is 9.82. The van der Waals surface area contributed by atoms with Gasteiger partial charge in [-0.3, -0.25) is 9.36 Å². The Morgan fingerprint density at radius 3 is 1.38 bits per heavy atom. The number of hydrogen-bond acceptors (Lipinski definition) is 7. The lowest BCUT2D eigenvalue weighted by molar-refractivity contribution is -0.870. The van der Waals surface area contributed by atoms with Crippen LogP contribution in [0.1, 0.15) is 168 Å². The molecule has 0 amide bonds. The Hall–Kier alpha value is -2.84. The lowest BCUT2D eigenvalue weighted by Gasteiger charge is -2.28. The van der Waals surface area contributed by atoms with Gasteiger partial charge in [0, 0.05) is 13.0 Å². The third kappa shape index (κ3) is 50.0. The zero-order chi connectivity index (χ0) is 46.2. The first-order valence-electron chi connectivity index (χ1n) is 24.6. The van der Waals surface area contributed by atoms with Gasteiger partial charge in [-0.15, -0.1) is 0 Å². The van der Waals surface area contributed by atoms with Crippen molar-refractivity contribution in [1.82, 2.24) is 0 Å². The highest BCUT2D eigenvalue weighted by Crippen LogP contribution is 2.38. The van der Waals surface area contributed by atoms with E-state index in [1.54, 1.807) is 0 Å². The van der Waals surface area contributed by atoms with Crippen LogP contribution in [0.4, 0.5) is 0 Å². The molecule has 0 aliphatic heterocycles. The number of allylic oxidation sites excluding steroid dienone is 18. The first-order chi connectivity index (χ1) is 30.6. The van der Waals surface area contributed by atoms with Gasteiger partial charge in [-0.1, -0.05) is 181 Å². The van der Waals surface area contributed by atoms with Crippen LogP contribution < -0.4 is 4.89 Å². The molecular weight excluding hydrogens is 806 g/mol. The van der Waals surface area contributed by atoms with Crippen LogP contribution in [0, 0.1) is 0 Å². The second kappa shape index (κ2) is 45.7. The van der Waals surface area contributed by atoms with E-state index in [9.17, 15) is 14.3 Å². The highest BCUT2D eigenvalue weighted by atomic mass is 31.2. The molecule has 0 aliphatic rings. The van der Waals surface area contributed by atoms with Gasteiger partial charge in [0.05, 0.1) is 34.4 Å². The molecule has 0 aromatic carbocycles. The van der Waals surface area contributed by atoms with Crippen molar-refractivity contribution in [1.29, 1.82) is 0 Å². The van der Waals surface area contributed by atoms with Crippen molar-refractivity contribution in [2.24, 2.45) is 0 Å². The molecule has 63 heavy (non-hydrogen) atoms. The molecule has 2 atom stereocenters. The number of carbonyl (C=O) groups excluding carboxylic acids is 1. The summed E-state index contributed by atoms with van der Waals surface area (Å²) in [5.74, 6) is -0.423. The van der Waals surface area contributed by atoms with Crippen LogP contribution in [0.5, 0.6) is 0 Å². The summed E-state index contributed by atoms with van der Waals surface area (Å²) in [6.45, 7) is 5.13. The zero-order valence-electron chi connectivity index (χ0n) is 40.7. The van der Waals surface area contributed by atoms with Gasteiger partial charge in [-0.05, 0) is 89.9 Å². The van der Waals surface area contributed by atoms with E-state index in [-0.39, 0.29) is 26.2 Å². The van der Waals surface area contributed by atoms with Gasteiger partial charge in [0.25, 0.3) is 7.82 Å². The molecule has 0 bridgehead atoms. The van der Waals surface area contributed by atoms with E-state index < -0.39 is 19.9 Å². The number of nitrogens with zero attached hydrogens (tertiary/aromatic N) is 1. The predicted molar refractivity (Wildman–Crippen MR) is 268 cm³/mol. The van der Waals surface area contributed by atoms with E-state index in [4.69, 9.17) is 18.5 Å². The molecule has 8 nitrogen and oxygen atoms in total. The van der Waals surface area contributed by atoms with Crippen molar-refractivity contribution in [2.45, 2.75) is 174 Å². The summed E-state index contributed by atoms with van der Waals surface area (Å²) in [6, 6.07) is 0. The molecule has 9 heteroatoms. The molecule has 2 unspecified atom stereocenters. The largest absolute Gasteiger partial charge is 0.756 e. The molecule has 0 spiro atoms. The van der Waals surface area contributed by atoms with Crippen LogP contribution in [-0.4, -0.2) is 70.7 Å². The van der Waals surface area contributed by atoms with Gasteiger partial charge >= 0.3 is 5.97 Å². The van der Waals surface area contributed by atoms with Crippen molar-refractivity contribution in [3.8, 4) is 0 Å². The summed E-state index contributed by atoms with van der Waals surface area (Å²) < 4.78 is 34.6. The van der Waals surface area contributed by atoms with Gasteiger partial charge in [0.15, 0.2) is 0 Å². The number of carbonyl (C=O) groups is 1. The number of esters is 1. The number of unbranched alkanes of at least 4 members (excludes halogenated alkanes) is 12. The second-order valence-corrected chi connectivity index (χ2v) is 18.5. The fourth-order valence-corrected chi connectivity index (χ4v) is 6.78. The smallest absolute Gasteiger partial charge is 0.306 e. The van der Waals surface area contributed by atoms with Crippen molar-refractivity contribution in [2.75, 3.05) is 54.1 Å². The molecule has 0 fully saturated rings. The van der Waals surface area contributed by atoms with E-state index in [1.165, 1.54) is 64.2 Å². The Morgan fingerprint density at radius 2 is 0.921 bits per heavy atom. The van der Waals surface area contributed by atoms with Crippen LogP contribution in [0.2, 0.25) is 0 Å². The predicted octanol–water partition coefficient (Wildman–Crippen LogP) is 14.5. The number of phosphoric ester groups is 1.